The minimum atomic E-state index is -0.825. The number of nitrogens with one attached hydrogen (secondary N) is 1. The molecular formula is C14H21NO2S. The molecule has 0 bridgehead atoms. The minimum absolute atomic E-state index is 0.431. The van der Waals surface area contributed by atoms with E-state index in [0.29, 0.717) is 10.9 Å². The Bertz CT molecular complexity index is 402. The first-order valence-electron chi connectivity index (χ1n) is 6.72. The number of carbonyl (C=O) groups is 1. The molecule has 1 saturated carbocycles. The third kappa shape index (κ3) is 3.56. The molecule has 1 aromatic rings. The van der Waals surface area contributed by atoms with Gasteiger partial charge < -0.3 is 10.4 Å². The lowest BCUT2D eigenvalue weighted by Gasteiger charge is -2.22. The number of hydrogen-bond donors (Lipinski definition) is 2. The molecule has 3 nitrogen and oxygen atoms in total. The molecule has 0 spiro atoms. The lowest BCUT2D eigenvalue weighted by molar-refractivity contribution is 0.0702. The maximum atomic E-state index is 10.8. The lowest BCUT2D eigenvalue weighted by Crippen LogP contribution is -2.33. The van der Waals surface area contributed by atoms with Gasteiger partial charge in [0.2, 0.25) is 0 Å². The predicted octanol–water partition coefficient (Wildman–Crippen LogP) is 3.50. The van der Waals surface area contributed by atoms with Crippen molar-refractivity contribution in [1.82, 2.24) is 5.32 Å². The summed E-state index contributed by atoms with van der Waals surface area (Å²) in [4.78, 5) is 12.4. The average molecular weight is 267 g/mol. The van der Waals surface area contributed by atoms with E-state index in [1.165, 1.54) is 43.4 Å². The van der Waals surface area contributed by atoms with Crippen LogP contribution in [0.5, 0.6) is 0 Å². The van der Waals surface area contributed by atoms with Crippen LogP contribution >= 0.6 is 11.3 Å². The number of thiophene rings is 1. The van der Waals surface area contributed by atoms with Gasteiger partial charge in [-0.15, -0.1) is 11.3 Å². The second-order valence-corrected chi connectivity index (χ2v) is 6.34. The first kappa shape index (κ1) is 13.6. The summed E-state index contributed by atoms with van der Waals surface area (Å²) in [7, 11) is 0. The van der Waals surface area contributed by atoms with E-state index < -0.39 is 5.97 Å². The standard InChI is InChI=1S/C14H21NO2S/c1-10-5-3-2-4-6-12(10)15-9-11-7-8-13(18-11)14(16)17/h7-8,10,12,15H,2-6,9H2,1H3,(H,16,17). The predicted molar refractivity (Wildman–Crippen MR) is 74.2 cm³/mol. The van der Waals surface area contributed by atoms with Crippen molar-refractivity contribution in [3.63, 3.8) is 0 Å². The minimum Gasteiger partial charge on any atom is -0.477 e. The molecule has 1 fully saturated rings. The maximum Gasteiger partial charge on any atom is 0.345 e. The van der Waals surface area contributed by atoms with Gasteiger partial charge in [-0.05, 0) is 30.9 Å². The molecule has 2 unspecified atom stereocenters. The SMILES string of the molecule is CC1CCCCCC1NCc1ccc(C(=O)O)s1. The Kier molecular flexibility index (Phi) is 4.78. The van der Waals surface area contributed by atoms with Crippen molar-refractivity contribution < 1.29 is 9.90 Å². The van der Waals surface area contributed by atoms with Gasteiger partial charge in [-0.1, -0.05) is 26.2 Å². The van der Waals surface area contributed by atoms with Crippen molar-refractivity contribution >= 4 is 17.3 Å². The number of carboxylic acid groups (broad SMARTS) is 1. The molecule has 2 atom stereocenters. The van der Waals surface area contributed by atoms with E-state index in [-0.39, 0.29) is 0 Å². The maximum absolute atomic E-state index is 10.8. The third-order valence-electron chi connectivity index (χ3n) is 3.77. The van der Waals surface area contributed by atoms with Crippen molar-refractivity contribution in [3.05, 3.63) is 21.9 Å². The molecule has 0 amide bonds. The van der Waals surface area contributed by atoms with Crippen LogP contribution in [0.3, 0.4) is 0 Å². The number of carboxylic acids is 1. The van der Waals surface area contributed by atoms with Crippen LogP contribution < -0.4 is 5.32 Å². The molecule has 2 N–H and O–H groups in total. The topological polar surface area (TPSA) is 49.3 Å². The van der Waals surface area contributed by atoms with E-state index in [9.17, 15) is 4.79 Å². The van der Waals surface area contributed by atoms with Gasteiger partial charge in [-0.25, -0.2) is 4.79 Å². The zero-order valence-corrected chi connectivity index (χ0v) is 11.6. The Hall–Kier alpha value is -0.870. The summed E-state index contributed by atoms with van der Waals surface area (Å²) in [6, 6.07) is 4.20. The molecule has 1 aromatic heterocycles. The molecule has 2 rings (SSSR count). The quantitative estimate of drug-likeness (QED) is 0.821. The van der Waals surface area contributed by atoms with E-state index in [0.717, 1.165) is 17.3 Å². The zero-order valence-electron chi connectivity index (χ0n) is 10.8. The van der Waals surface area contributed by atoms with Gasteiger partial charge in [0, 0.05) is 17.5 Å². The van der Waals surface area contributed by atoms with Gasteiger partial charge in [0.1, 0.15) is 4.88 Å². The Balaban J connectivity index is 1.87. The summed E-state index contributed by atoms with van der Waals surface area (Å²) in [5.41, 5.74) is 0. The van der Waals surface area contributed by atoms with Gasteiger partial charge >= 0.3 is 5.97 Å². The highest BCUT2D eigenvalue weighted by Crippen LogP contribution is 2.24. The fourth-order valence-electron chi connectivity index (χ4n) is 2.62. The van der Waals surface area contributed by atoms with E-state index >= 15 is 0 Å². The normalized spacial score (nSPS) is 24.7. The van der Waals surface area contributed by atoms with Crippen molar-refractivity contribution in [3.8, 4) is 0 Å². The van der Waals surface area contributed by atoms with E-state index in [2.05, 4.69) is 12.2 Å². The fourth-order valence-corrected chi connectivity index (χ4v) is 3.41. The van der Waals surface area contributed by atoms with Crippen LogP contribution in [-0.4, -0.2) is 17.1 Å². The smallest absolute Gasteiger partial charge is 0.345 e. The van der Waals surface area contributed by atoms with Crippen molar-refractivity contribution in [1.29, 1.82) is 0 Å². The number of aromatic carboxylic acids is 1. The summed E-state index contributed by atoms with van der Waals surface area (Å²) >= 11 is 1.37. The van der Waals surface area contributed by atoms with Crippen LogP contribution in [0.1, 0.15) is 53.6 Å². The van der Waals surface area contributed by atoms with Gasteiger partial charge in [0.15, 0.2) is 0 Å². The van der Waals surface area contributed by atoms with Crippen LogP contribution in [0.2, 0.25) is 0 Å². The van der Waals surface area contributed by atoms with E-state index in [1.54, 1.807) is 6.07 Å². The zero-order chi connectivity index (χ0) is 13.0. The highest BCUT2D eigenvalue weighted by Gasteiger charge is 2.19. The van der Waals surface area contributed by atoms with E-state index in [1.807, 2.05) is 6.07 Å². The number of rotatable bonds is 4. The third-order valence-corrected chi connectivity index (χ3v) is 4.85. The van der Waals surface area contributed by atoms with Crippen molar-refractivity contribution in [2.24, 2.45) is 5.92 Å². The van der Waals surface area contributed by atoms with Gasteiger partial charge in [-0.2, -0.15) is 0 Å². The van der Waals surface area contributed by atoms with Gasteiger partial charge in [0.25, 0.3) is 0 Å². The molecule has 1 aliphatic carbocycles. The molecule has 0 aromatic carbocycles. The summed E-state index contributed by atoms with van der Waals surface area (Å²) in [6.45, 7) is 3.12. The van der Waals surface area contributed by atoms with Crippen molar-refractivity contribution in [2.45, 2.75) is 51.6 Å². The number of hydrogen-bond acceptors (Lipinski definition) is 3. The molecule has 100 valence electrons. The van der Waals surface area contributed by atoms with Crippen LogP contribution in [0.15, 0.2) is 12.1 Å². The Labute approximate surface area is 112 Å². The van der Waals surface area contributed by atoms with Crippen LogP contribution in [0, 0.1) is 5.92 Å². The average Bonchev–Trinajstić information content (AvgIpc) is 2.72. The highest BCUT2D eigenvalue weighted by atomic mass is 32.1. The van der Waals surface area contributed by atoms with Crippen LogP contribution in [0.25, 0.3) is 0 Å². The molecule has 0 radical (unpaired) electrons. The van der Waals surface area contributed by atoms with Gasteiger partial charge in [-0.3, -0.25) is 0 Å². The second kappa shape index (κ2) is 6.34. The molecule has 1 heterocycles. The molecular weight excluding hydrogens is 246 g/mol. The second-order valence-electron chi connectivity index (χ2n) is 5.17. The Morgan fingerprint density at radius 2 is 2.17 bits per heavy atom. The lowest BCUT2D eigenvalue weighted by atomic mass is 9.97. The summed E-state index contributed by atoms with van der Waals surface area (Å²) in [6.07, 6.45) is 6.57. The fraction of sp³-hybridized carbons (Fsp3) is 0.643. The first-order chi connectivity index (χ1) is 8.66. The Morgan fingerprint density at radius 3 is 2.89 bits per heavy atom. The van der Waals surface area contributed by atoms with E-state index in [4.69, 9.17) is 5.11 Å². The summed E-state index contributed by atoms with van der Waals surface area (Å²) in [5.74, 6) is -0.0968. The van der Waals surface area contributed by atoms with Crippen LogP contribution in [-0.2, 0) is 6.54 Å². The monoisotopic (exact) mass is 267 g/mol. The van der Waals surface area contributed by atoms with Gasteiger partial charge in [0.05, 0.1) is 0 Å². The van der Waals surface area contributed by atoms with Crippen molar-refractivity contribution in [2.75, 3.05) is 0 Å². The Morgan fingerprint density at radius 1 is 1.39 bits per heavy atom. The molecule has 0 aliphatic heterocycles. The summed E-state index contributed by atoms with van der Waals surface area (Å²) < 4.78 is 0. The largest absolute Gasteiger partial charge is 0.477 e. The highest BCUT2D eigenvalue weighted by molar-refractivity contribution is 7.13. The molecule has 18 heavy (non-hydrogen) atoms. The molecule has 1 aliphatic rings. The van der Waals surface area contributed by atoms with Crippen LogP contribution in [0.4, 0.5) is 0 Å². The molecule has 4 heteroatoms. The molecule has 0 saturated heterocycles. The first-order valence-corrected chi connectivity index (χ1v) is 7.54. The summed E-state index contributed by atoms with van der Waals surface area (Å²) in [5, 5.41) is 12.5.